The fourth-order valence-corrected chi connectivity index (χ4v) is 3.08. The van der Waals surface area contributed by atoms with Crippen molar-refractivity contribution < 1.29 is 8.42 Å². The molecule has 0 spiro atoms. The molecule has 0 aliphatic rings. The average molecular weight is 350 g/mol. The molecular formula is C17H26N4O2S. The molecule has 0 radical (unpaired) electrons. The summed E-state index contributed by atoms with van der Waals surface area (Å²) in [5.74, 6) is 0.0591. The van der Waals surface area contributed by atoms with Crippen LogP contribution in [0.15, 0.2) is 30.5 Å². The molecule has 0 saturated heterocycles. The van der Waals surface area contributed by atoms with Crippen LogP contribution in [0, 0.1) is 0 Å². The number of nitrogens with one attached hydrogen (secondary N) is 2. The first-order chi connectivity index (χ1) is 11.4. The first-order valence-corrected chi connectivity index (χ1v) is 9.92. The highest BCUT2D eigenvalue weighted by atomic mass is 32.2. The van der Waals surface area contributed by atoms with E-state index in [4.69, 9.17) is 0 Å². The van der Waals surface area contributed by atoms with Gasteiger partial charge >= 0.3 is 0 Å². The van der Waals surface area contributed by atoms with E-state index in [0.29, 0.717) is 5.69 Å². The van der Waals surface area contributed by atoms with Gasteiger partial charge in [-0.25, -0.2) is 8.42 Å². The van der Waals surface area contributed by atoms with E-state index in [-0.39, 0.29) is 5.75 Å². The van der Waals surface area contributed by atoms with Crippen molar-refractivity contribution >= 4 is 15.7 Å². The van der Waals surface area contributed by atoms with Gasteiger partial charge in [-0.2, -0.15) is 5.10 Å². The minimum atomic E-state index is -3.25. The van der Waals surface area contributed by atoms with Gasteiger partial charge in [-0.1, -0.05) is 25.5 Å². The molecule has 0 aliphatic heterocycles. The van der Waals surface area contributed by atoms with Crippen molar-refractivity contribution in [1.29, 1.82) is 0 Å². The molecule has 7 heteroatoms. The lowest BCUT2D eigenvalue weighted by Gasteiger charge is -2.16. The third-order valence-corrected chi connectivity index (χ3v) is 5.19. The van der Waals surface area contributed by atoms with Gasteiger partial charge in [0.25, 0.3) is 0 Å². The first-order valence-electron chi connectivity index (χ1n) is 8.27. The number of anilines is 1. The third kappa shape index (κ3) is 5.07. The van der Waals surface area contributed by atoms with Crippen LogP contribution < -0.4 is 4.72 Å². The van der Waals surface area contributed by atoms with Gasteiger partial charge in [-0.05, 0) is 39.1 Å². The molecule has 0 saturated carbocycles. The molecular weight excluding hydrogens is 324 g/mol. The van der Waals surface area contributed by atoms with E-state index >= 15 is 0 Å². The molecule has 132 valence electrons. The Hall–Kier alpha value is -1.86. The van der Waals surface area contributed by atoms with Gasteiger partial charge in [-0.15, -0.1) is 0 Å². The topological polar surface area (TPSA) is 78.1 Å². The molecule has 0 atom stereocenters. The van der Waals surface area contributed by atoms with E-state index in [2.05, 4.69) is 33.8 Å². The Kier molecular flexibility index (Phi) is 6.39. The highest BCUT2D eigenvalue weighted by Gasteiger charge is 2.11. The Bertz CT molecular complexity index is 738. The van der Waals surface area contributed by atoms with Crippen molar-refractivity contribution in [1.82, 2.24) is 15.1 Å². The Morgan fingerprint density at radius 3 is 2.54 bits per heavy atom. The molecule has 2 aromatic rings. The van der Waals surface area contributed by atoms with Gasteiger partial charge in [0.1, 0.15) is 0 Å². The van der Waals surface area contributed by atoms with Gasteiger partial charge in [0, 0.05) is 23.4 Å². The number of aromatic nitrogens is 2. The molecule has 0 amide bonds. The van der Waals surface area contributed by atoms with Gasteiger partial charge in [-0.3, -0.25) is 9.82 Å². The third-order valence-electron chi connectivity index (χ3n) is 3.88. The van der Waals surface area contributed by atoms with Gasteiger partial charge in [0.05, 0.1) is 17.6 Å². The van der Waals surface area contributed by atoms with Crippen LogP contribution in [0.4, 0.5) is 5.69 Å². The number of aromatic amines is 1. The summed E-state index contributed by atoms with van der Waals surface area (Å²) < 4.78 is 25.8. The molecule has 0 fully saturated rings. The highest BCUT2D eigenvalue weighted by Crippen LogP contribution is 2.24. The minimum Gasteiger partial charge on any atom is -0.302 e. The van der Waals surface area contributed by atoms with E-state index in [1.54, 1.807) is 19.1 Å². The maximum Gasteiger partial charge on any atom is 0.232 e. The molecule has 0 aliphatic carbocycles. The first kappa shape index (κ1) is 18.5. The lowest BCUT2D eigenvalue weighted by molar-refractivity contribution is 0.321. The molecule has 1 aromatic heterocycles. The van der Waals surface area contributed by atoms with Crippen molar-refractivity contribution in [2.45, 2.75) is 33.2 Å². The molecule has 2 N–H and O–H groups in total. The zero-order chi connectivity index (χ0) is 17.6. The average Bonchev–Trinajstić information content (AvgIpc) is 3.01. The maximum absolute atomic E-state index is 11.6. The Morgan fingerprint density at radius 1 is 1.21 bits per heavy atom. The van der Waals surface area contributed by atoms with Crippen LogP contribution in [-0.4, -0.2) is 42.9 Å². The summed E-state index contributed by atoms with van der Waals surface area (Å²) in [6, 6.07) is 7.34. The predicted octanol–water partition coefficient (Wildman–Crippen LogP) is 3.07. The Morgan fingerprint density at radius 2 is 1.92 bits per heavy atom. The summed E-state index contributed by atoms with van der Waals surface area (Å²) in [5, 5.41) is 7.21. The highest BCUT2D eigenvalue weighted by molar-refractivity contribution is 7.92. The zero-order valence-electron chi connectivity index (χ0n) is 14.5. The number of hydrogen-bond acceptors (Lipinski definition) is 4. The normalized spacial score (nSPS) is 11.8. The molecule has 0 unspecified atom stereocenters. The fraction of sp³-hybridized carbons (Fsp3) is 0.471. The molecule has 2 rings (SSSR count). The number of rotatable bonds is 9. The second-order valence-corrected chi connectivity index (χ2v) is 7.96. The van der Waals surface area contributed by atoms with Crippen LogP contribution in [0.1, 0.15) is 32.3 Å². The molecule has 1 heterocycles. The number of unbranched alkanes of at least 4 members (excludes halogenated alkanes) is 1. The van der Waals surface area contributed by atoms with E-state index in [1.165, 1.54) is 12.8 Å². The van der Waals surface area contributed by atoms with E-state index < -0.39 is 10.0 Å². The molecule has 1 aromatic carbocycles. The molecule has 6 nitrogen and oxygen atoms in total. The van der Waals surface area contributed by atoms with Crippen molar-refractivity contribution in [3.05, 3.63) is 36.0 Å². The number of sulfonamides is 1. The van der Waals surface area contributed by atoms with E-state index in [1.807, 2.05) is 18.3 Å². The van der Waals surface area contributed by atoms with Crippen LogP contribution in [0.5, 0.6) is 0 Å². The quantitative estimate of drug-likeness (QED) is 0.728. The summed E-state index contributed by atoms with van der Waals surface area (Å²) in [6.07, 6.45) is 4.21. The van der Waals surface area contributed by atoms with Crippen LogP contribution in [-0.2, 0) is 16.6 Å². The van der Waals surface area contributed by atoms with Crippen LogP contribution in [0.3, 0.4) is 0 Å². The second-order valence-electron chi connectivity index (χ2n) is 5.94. The summed E-state index contributed by atoms with van der Waals surface area (Å²) in [4.78, 5) is 2.28. The molecule has 24 heavy (non-hydrogen) atoms. The van der Waals surface area contributed by atoms with E-state index in [9.17, 15) is 8.42 Å². The summed E-state index contributed by atoms with van der Waals surface area (Å²) in [6.45, 7) is 5.68. The van der Waals surface area contributed by atoms with Gasteiger partial charge in [0.2, 0.25) is 10.0 Å². The summed E-state index contributed by atoms with van der Waals surface area (Å²) in [7, 11) is -1.14. The standard InChI is InChI=1S/C17H26N4O2S/c1-4-6-11-21(3)13-15-12-18-19-17(15)14-7-9-16(10-8-14)20-24(22,23)5-2/h7-10,12,20H,4-6,11,13H2,1-3H3,(H,18,19). The van der Waals surface area contributed by atoms with Crippen LogP contribution in [0.25, 0.3) is 11.3 Å². The number of nitrogens with zero attached hydrogens (tertiary/aromatic N) is 2. The van der Waals surface area contributed by atoms with Crippen molar-refractivity contribution in [3.63, 3.8) is 0 Å². The fourth-order valence-electron chi connectivity index (χ4n) is 2.44. The predicted molar refractivity (Wildman–Crippen MR) is 98.3 cm³/mol. The zero-order valence-corrected chi connectivity index (χ0v) is 15.4. The molecule has 0 bridgehead atoms. The minimum absolute atomic E-state index is 0.0591. The van der Waals surface area contributed by atoms with Crippen molar-refractivity contribution in [2.75, 3.05) is 24.1 Å². The second kappa shape index (κ2) is 8.30. The lowest BCUT2D eigenvalue weighted by Crippen LogP contribution is -2.19. The smallest absolute Gasteiger partial charge is 0.232 e. The number of H-pyrrole nitrogens is 1. The van der Waals surface area contributed by atoms with E-state index in [0.717, 1.165) is 29.9 Å². The number of hydrogen-bond donors (Lipinski definition) is 2. The van der Waals surface area contributed by atoms with Crippen molar-refractivity contribution in [3.8, 4) is 11.3 Å². The number of benzene rings is 1. The maximum atomic E-state index is 11.6. The van der Waals surface area contributed by atoms with Crippen LogP contribution >= 0.6 is 0 Å². The van der Waals surface area contributed by atoms with Gasteiger partial charge in [0.15, 0.2) is 0 Å². The monoisotopic (exact) mass is 350 g/mol. The van der Waals surface area contributed by atoms with Crippen LogP contribution in [0.2, 0.25) is 0 Å². The largest absolute Gasteiger partial charge is 0.302 e. The Labute approximate surface area is 144 Å². The van der Waals surface area contributed by atoms with Crippen molar-refractivity contribution in [2.24, 2.45) is 0 Å². The summed E-state index contributed by atoms with van der Waals surface area (Å²) in [5.41, 5.74) is 3.67. The Balaban J connectivity index is 2.11. The summed E-state index contributed by atoms with van der Waals surface area (Å²) >= 11 is 0. The lowest BCUT2D eigenvalue weighted by atomic mass is 10.1. The SMILES string of the molecule is CCCCN(C)Cc1cn[nH]c1-c1ccc(NS(=O)(=O)CC)cc1. The van der Waals surface area contributed by atoms with Gasteiger partial charge < -0.3 is 4.90 Å².